The molecule has 1 aromatic carbocycles. The highest BCUT2D eigenvalue weighted by Gasteiger charge is 2.25. The fourth-order valence-corrected chi connectivity index (χ4v) is 2.40. The van der Waals surface area contributed by atoms with Crippen LogP contribution in [0.15, 0.2) is 18.2 Å². The van der Waals surface area contributed by atoms with Crippen molar-refractivity contribution in [1.29, 1.82) is 0 Å². The average Bonchev–Trinajstić information content (AvgIpc) is 2.78. The zero-order valence-electron chi connectivity index (χ0n) is 19.8. The number of hydrogen-bond donors (Lipinski definition) is 1. The molecule has 0 aromatic heterocycles. The second kappa shape index (κ2) is 14.1. The summed E-state index contributed by atoms with van der Waals surface area (Å²) in [5.74, 6) is -1.54. The van der Waals surface area contributed by atoms with Crippen molar-refractivity contribution < 1.29 is 42.9 Å². The SMILES string of the molecule is CCCOC(=O)O[C@@H](C)[C@H](C)OC(=O)[C@@H](N)Cc1ccc(OC(=O)CC)c(OC(=O)CC)c1. The van der Waals surface area contributed by atoms with Crippen LogP contribution in [0, 0.1) is 0 Å². The zero-order chi connectivity index (χ0) is 25.0. The van der Waals surface area contributed by atoms with Crippen molar-refractivity contribution in [3.8, 4) is 11.5 Å². The Kier molecular flexibility index (Phi) is 11.9. The molecular formula is C23H33NO9. The Labute approximate surface area is 193 Å². The highest BCUT2D eigenvalue weighted by Crippen LogP contribution is 2.30. The van der Waals surface area contributed by atoms with Crippen molar-refractivity contribution in [2.24, 2.45) is 5.73 Å². The van der Waals surface area contributed by atoms with Gasteiger partial charge in [0.05, 0.1) is 6.61 Å². The fourth-order valence-electron chi connectivity index (χ4n) is 2.40. The Morgan fingerprint density at radius 2 is 1.45 bits per heavy atom. The third kappa shape index (κ3) is 9.90. The van der Waals surface area contributed by atoms with Crippen molar-refractivity contribution in [1.82, 2.24) is 0 Å². The van der Waals surface area contributed by atoms with Crippen molar-refractivity contribution in [3.63, 3.8) is 0 Å². The van der Waals surface area contributed by atoms with Crippen LogP contribution in [-0.4, -0.2) is 48.9 Å². The van der Waals surface area contributed by atoms with Gasteiger partial charge in [0.15, 0.2) is 11.5 Å². The molecule has 0 amide bonds. The Balaban J connectivity index is 2.79. The molecule has 0 fully saturated rings. The predicted octanol–water partition coefficient (Wildman–Crippen LogP) is 3.07. The van der Waals surface area contributed by atoms with Crippen LogP contribution in [-0.2, 0) is 35.0 Å². The molecule has 0 unspecified atom stereocenters. The van der Waals surface area contributed by atoms with Gasteiger partial charge in [-0.25, -0.2) is 4.79 Å². The van der Waals surface area contributed by atoms with Gasteiger partial charge >= 0.3 is 24.1 Å². The monoisotopic (exact) mass is 467 g/mol. The van der Waals surface area contributed by atoms with Crippen molar-refractivity contribution in [2.75, 3.05) is 6.61 Å². The molecular weight excluding hydrogens is 434 g/mol. The number of rotatable bonds is 12. The Bertz CT molecular complexity index is 824. The van der Waals surface area contributed by atoms with E-state index >= 15 is 0 Å². The van der Waals surface area contributed by atoms with Gasteiger partial charge < -0.3 is 29.4 Å². The Morgan fingerprint density at radius 1 is 0.879 bits per heavy atom. The molecule has 0 aliphatic rings. The van der Waals surface area contributed by atoms with Crippen LogP contribution in [0.1, 0.15) is 59.4 Å². The van der Waals surface area contributed by atoms with E-state index in [1.165, 1.54) is 12.1 Å². The van der Waals surface area contributed by atoms with E-state index in [0.717, 1.165) is 0 Å². The summed E-state index contributed by atoms with van der Waals surface area (Å²) >= 11 is 0. The summed E-state index contributed by atoms with van der Waals surface area (Å²) in [5, 5.41) is 0. The van der Waals surface area contributed by atoms with E-state index in [2.05, 4.69) is 0 Å². The summed E-state index contributed by atoms with van der Waals surface area (Å²) < 4.78 is 25.6. The number of carbonyl (C=O) groups is 4. The molecule has 0 aliphatic heterocycles. The lowest BCUT2D eigenvalue weighted by molar-refractivity contribution is -0.155. The van der Waals surface area contributed by atoms with E-state index in [9.17, 15) is 19.2 Å². The van der Waals surface area contributed by atoms with Crippen LogP contribution < -0.4 is 15.2 Å². The zero-order valence-corrected chi connectivity index (χ0v) is 19.8. The minimum Gasteiger partial charge on any atom is -0.458 e. The second-order valence-corrected chi connectivity index (χ2v) is 7.31. The van der Waals surface area contributed by atoms with E-state index in [0.29, 0.717) is 12.0 Å². The second-order valence-electron chi connectivity index (χ2n) is 7.31. The largest absolute Gasteiger partial charge is 0.508 e. The summed E-state index contributed by atoms with van der Waals surface area (Å²) in [6.07, 6.45) is -1.33. The molecule has 0 saturated carbocycles. The molecule has 33 heavy (non-hydrogen) atoms. The van der Waals surface area contributed by atoms with Crippen LogP contribution in [0.25, 0.3) is 0 Å². The minimum atomic E-state index is -1.04. The smallest absolute Gasteiger partial charge is 0.458 e. The molecule has 0 spiro atoms. The van der Waals surface area contributed by atoms with Crippen LogP contribution in [0.3, 0.4) is 0 Å². The van der Waals surface area contributed by atoms with E-state index in [-0.39, 0.29) is 37.4 Å². The first kappa shape index (κ1) is 27.9. The van der Waals surface area contributed by atoms with E-state index in [1.54, 1.807) is 33.8 Å². The van der Waals surface area contributed by atoms with Gasteiger partial charge in [-0.2, -0.15) is 0 Å². The molecule has 0 heterocycles. The third-order valence-electron chi connectivity index (χ3n) is 4.46. The maximum Gasteiger partial charge on any atom is 0.508 e. The number of benzene rings is 1. The van der Waals surface area contributed by atoms with Crippen molar-refractivity contribution >= 4 is 24.1 Å². The quantitative estimate of drug-likeness (QED) is 0.360. The fraction of sp³-hybridized carbons (Fsp3) is 0.565. The lowest BCUT2D eigenvalue weighted by Crippen LogP contribution is -2.39. The van der Waals surface area contributed by atoms with E-state index in [4.69, 9.17) is 29.4 Å². The number of carbonyl (C=O) groups excluding carboxylic acids is 4. The standard InChI is InChI=1S/C23H33NO9/c1-6-11-29-23(28)31-15(5)14(4)30-22(27)17(24)12-16-9-10-18(32-20(25)7-2)19(13-16)33-21(26)8-3/h9-10,13-15,17H,6-8,11-12,24H2,1-5H3/t14-,15-,17-/m0/s1. The van der Waals surface area contributed by atoms with Crippen molar-refractivity contribution in [2.45, 2.75) is 78.6 Å². The molecule has 0 aliphatic carbocycles. The van der Waals surface area contributed by atoms with E-state index in [1.807, 2.05) is 6.92 Å². The van der Waals surface area contributed by atoms with E-state index < -0.39 is 42.3 Å². The molecule has 0 bridgehead atoms. The molecule has 1 rings (SSSR count). The molecule has 184 valence electrons. The van der Waals surface area contributed by atoms with Gasteiger partial charge in [-0.15, -0.1) is 0 Å². The maximum atomic E-state index is 12.4. The highest BCUT2D eigenvalue weighted by atomic mass is 16.7. The predicted molar refractivity (Wildman–Crippen MR) is 118 cm³/mol. The summed E-state index contributed by atoms with van der Waals surface area (Å²) in [7, 11) is 0. The lowest BCUT2D eigenvalue weighted by Gasteiger charge is -2.22. The van der Waals surface area contributed by atoms with Gasteiger partial charge in [-0.1, -0.05) is 26.8 Å². The van der Waals surface area contributed by atoms with Crippen molar-refractivity contribution in [3.05, 3.63) is 23.8 Å². The van der Waals surface area contributed by atoms with Gasteiger partial charge in [-0.05, 0) is 44.4 Å². The highest BCUT2D eigenvalue weighted by molar-refractivity contribution is 5.77. The topological polar surface area (TPSA) is 140 Å². The number of nitrogens with two attached hydrogens (primary N) is 1. The number of hydrogen-bond acceptors (Lipinski definition) is 10. The summed E-state index contributed by atoms with van der Waals surface area (Å²) in [6.45, 7) is 8.50. The molecule has 2 N–H and O–H groups in total. The number of esters is 3. The molecule has 3 atom stereocenters. The van der Waals surface area contributed by atoms with Crippen LogP contribution in [0.4, 0.5) is 4.79 Å². The molecule has 10 nitrogen and oxygen atoms in total. The number of ether oxygens (including phenoxy) is 5. The maximum absolute atomic E-state index is 12.4. The van der Waals surface area contributed by atoms with Gasteiger partial charge in [-0.3, -0.25) is 14.4 Å². The van der Waals surface area contributed by atoms with Crippen LogP contribution in [0.2, 0.25) is 0 Å². The molecule has 0 saturated heterocycles. The summed E-state index contributed by atoms with van der Waals surface area (Å²) in [5.41, 5.74) is 6.55. The summed E-state index contributed by atoms with van der Waals surface area (Å²) in [6, 6.07) is 3.52. The first-order chi connectivity index (χ1) is 15.6. The minimum absolute atomic E-state index is 0.0581. The Morgan fingerprint density at radius 3 is 2.03 bits per heavy atom. The van der Waals surface area contributed by atoms with Gasteiger partial charge in [0.1, 0.15) is 18.2 Å². The lowest BCUT2D eigenvalue weighted by atomic mass is 10.1. The molecule has 0 radical (unpaired) electrons. The van der Waals surface area contributed by atoms with Crippen LogP contribution in [0.5, 0.6) is 11.5 Å². The molecule has 10 heteroatoms. The third-order valence-corrected chi connectivity index (χ3v) is 4.46. The summed E-state index contributed by atoms with van der Waals surface area (Å²) in [4.78, 5) is 47.3. The van der Waals surface area contributed by atoms with Gasteiger partial charge in [0, 0.05) is 12.8 Å². The first-order valence-electron chi connectivity index (χ1n) is 10.9. The van der Waals surface area contributed by atoms with Gasteiger partial charge in [0.25, 0.3) is 0 Å². The normalized spacial score (nSPS) is 13.3. The first-order valence-corrected chi connectivity index (χ1v) is 10.9. The average molecular weight is 468 g/mol. The van der Waals surface area contributed by atoms with Gasteiger partial charge in [0.2, 0.25) is 0 Å². The molecule has 1 aromatic rings. The Hall–Kier alpha value is -3.14. The van der Waals surface area contributed by atoms with Crippen LogP contribution >= 0.6 is 0 Å².